The van der Waals surface area contributed by atoms with Crippen LogP contribution < -0.4 is 11.3 Å². The molecule has 1 heterocycles. The lowest BCUT2D eigenvalue weighted by molar-refractivity contribution is 0.508. The van der Waals surface area contributed by atoms with E-state index in [1.165, 1.54) is 0 Å². The molecule has 0 aliphatic rings. The zero-order chi connectivity index (χ0) is 14.0. The highest BCUT2D eigenvalue weighted by Gasteiger charge is 2.15. The second kappa shape index (κ2) is 5.92. The Labute approximate surface area is 122 Å². The first-order valence-electron chi connectivity index (χ1n) is 5.92. The molecule has 1 aromatic carbocycles. The van der Waals surface area contributed by atoms with Gasteiger partial charge in [0.15, 0.2) is 0 Å². The predicted molar refractivity (Wildman–Crippen MR) is 78.2 cm³/mol. The van der Waals surface area contributed by atoms with Gasteiger partial charge in [-0.3, -0.25) is 16.0 Å². The van der Waals surface area contributed by atoms with Gasteiger partial charge in [0.2, 0.25) is 0 Å². The van der Waals surface area contributed by atoms with E-state index in [-0.39, 0.29) is 6.04 Å². The highest BCUT2D eigenvalue weighted by Crippen LogP contribution is 2.25. The van der Waals surface area contributed by atoms with Crippen LogP contribution in [0.5, 0.6) is 0 Å². The Morgan fingerprint density at radius 2 is 2.05 bits per heavy atom. The van der Waals surface area contributed by atoms with Crippen molar-refractivity contribution in [1.82, 2.24) is 15.2 Å². The average Bonchev–Trinajstić information content (AvgIpc) is 2.70. The van der Waals surface area contributed by atoms with E-state index in [0.717, 1.165) is 17.0 Å². The molecule has 4 nitrogen and oxygen atoms in total. The molecule has 0 radical (unpaired) electrons. The molecule has 0 spiro atoms. The molecule has 1 unspecified atom stereocenters. The van der Waals surface area contributed by atoms with E-state index in [0.29, 0.717) is 16.5 Å². The van der Waals surface area contributed by atoms with Crippen LogP contribution in [0.1, 0.15) is 23.0 Å². The Balaban J connectivity index is 2.23. The largest absolute Gasteiger partial charge is 0.271 e. The van der Waals surface area contributed by atoms with Gasteiger partial charge in [0.25, 0.3) is 0 Å². The molecule has 1 atom stereocenters. The second-order valence-electron chi connectivity index (χ2n) is 4.51. The van der Waals surface area contributed by atoms with Crippen LogP contribution in [0.2, 0.25) is 10.0 Å². The lowest BCUT2D eigenvalue weighted by atomic mass is 10.0. The number of hydrogen-bond acceptors (Lipinski definition) is 3. The second-order valence-corrected chi connectivity index (χ2v) is 5.32. The van der Waals surface area contributed by atoms with E-state index in [2.05, 4.69) is 10.5 Å². The first kappa shape index (κ1) is 14.3. The number of benzene rings is 1. The molecule has 0 amide bonds. The normalized spacial score (nSPS) is 12.7. The fraction of sp³-hybridized carbons (Fsp3) is 0.308. The third-order valence-electron chi connectivity index (χ3n) is 3.02. The van der Waals surface area contributed by atoms with Crippen molar-refractivity contribution in [2.24, 2.45) is 12.9 Å². The summed E-state index contributed by atoms with van der Waals surface area (Å²) in [6, 6.07) is 7.59. The number of nitrogens with two attached hydrogens (primary N) is 1. The molecule has 0 saturated carbocycles. The minimum atomic E-state index is -0.0246. The van der Waals surface area contributed by atoms with Crippen LogP contribution in [-0.2, 0) is 13.5 Å². The molecule has 6 heteroatoms. The van der Waals surface area contributed by atoms with Crippen molar-refractivity contribution < 1.29 is 0 Å². The minimum absolute atomic E-state index is 0.0246. The molecule has 102 valence electrons. The predicted octanol–water partition coefficient (Wildman–Crippen LogP) is 2.78. The van der Waals surface area contributed by atoms with Crippen molar-refractivity contribution in [2.45, 2.75) is 19.4 Å². The molecule has 0 bridgehead atoms. The number of nitrogens with zero attached hydrogens (tertiary/aromatic N) is 2. The molecule has 3 N–H and O–H groups in total. The Kier molecular flexibility index (Phi) is 4.47. The highest BCUT2D eigenvalue weighted by molar-refractivity contribution is 6.42. The summed E-state index contributed by atoms with van der Waals surface area (Å²) in [5.74, 6) is 5.65. The van der Waals surface area contributed by atoms with Crippen LogP contribution in [-0.4, -0.2) is 9.78 Å². The maximum Gasteiger partial charge on any atom is 0.0669 e. The SMILES string of the molecule is Cc1cc(C(Cc2ccc(Cl)c(Cl)c2)NN)n(C)n1. The molecule has 0 aliphatic carbocycles. The third kappa shape index (κ3) is 3.28. The van der Waals surface area contributed by atoms with Crippen LogP contribution in [0.15, 0.2) is 24.3 Å². The first-order valence-corrected chi connectivity index (χ1v) is 6.67. The lowest BCUT2D eigenvalue weighted by Gasteiger charge is -2.16. The van der Waals surface area contributed by atoms with Crippen LogP contribution in [0.25, 0.3) is 0 Å². The summed E-state index contributed by atoms with van der Waals surface area (Å²) in [7, 11) is 1.90. The smallest absolute Gasteiger partial charge is 0.0669 e. The molecule has 19 heavy (non-hydrogen) atoms. The summed E-state index contributed by atoms with van der Waals surface area (Å²) in [5, 5.41) is 5.43. The van der Waals surface area contributed by atoms with Crippen LogP contribution >= 0.6 is 23.2 Å². The maximum absolute atomic E-state index is 6.02. The summed E-state index contributed by atoms with van der Waals surface area (Å²) >= 11 is 11.9. The molecule has 1 aromatic heterocycles. The first-order chi connectivity index (χ1) is 9.01. The fourth-order valence-electron chi connectivity index (χ4n) is 2.11. The third-order valence-corrected chi connectivity index (χ3v) is 3.76. The zero-order valence-electron chi connectivity index (χ0n) is 10.8. The van der Waals surface area contributed by atoms with Gasteiger partial charge in [-0.25, -0.2) is 0 Å². The van der Waals surface area contributed by atoms with Crippen molar-refractivity contribution in [2.75, 3.05) is 0 Å². The van der Waals surface area contributed by atoms with E-state index in [4.69, 9.17) is 29.0 Å². The number of hydrazine groups is 1. The molecule has 0 aliphatic heterocycles. The van der Waals surface area contributed by atoms with E-state index >= 15 is 0 Å². The van der Waals surface area contributed by atoms with Crippen molar-refractivity contribution in [3.05, 3.63) is 51.3 Å². The summed E-state index contributed by atoms with van der Waals surface area (Å²) in [5.41, 5.74) is 5.88. The molecule has 0 fully saturated rings. The number of nitrogens with one attached hydrogen (secondary N) is 1. The zero-order valence-corrected chi connectivity index (χ0v) is 12.3. The fourth-order valence-corrected chi connectivity index (χ4v) is 2.43. The number of hydrogen-bond donors (Lipinski definition) is 2. The number of rotatable bonds is 4. The van der Waals surface area contributed by atoms with Gasteiger partial charge in [-0.2, -0.15) is 5.10 Å². The van der Waals surface area contributed by atoms with Crippen molar-refractivity contribution in [1.29, 1.82) is 0 Å². The number of aryl methyl sites for hydroxylation is 2. The quantitative estimate of drug-likeness (QED) is 0.674. The van der Waals surface area contributed by atoms with Crippen LogP contribution in [0.4, 0.5) is 0 Å². The van der Waals surface area contributed by atoms with Gasteiger partial charge >= 0.3 is 0 Å². The van der Waals surface area contributed by atoms with Gasteiger partial charge in [0, 0.05) is 7.05 Å². The highest BCUT2D eigenvalue weighted by atomic mass is 35.5. The molecule has 2 aromatic rings. The van der Waals surface area contributed by atoms with Gasteiger partial charge in [0.1, 0.15) is 0 Å². The Morgan fingerprint density at radius 3 is 2.58 bits per heavy atom. The molecule has 0 saturated heterocycles. The standard InChI is InChI=1S/C13H16Cl2N4/c1-8-5-13(19(2)18-8)12(17-16)7-9-3-4-10(14)11(15)6-9/h3-6,12,17H,7,16H2,1-2H3. The van der Waals surface area contributed by atoms with E-state index < -0.39 is 0 Å². The van der Waals surface area contributed by atoms with E-state index in [1.807, 2.05) is 36.9 Å². The van der Waals surface area contributed by atoms with Gasteiger partial charge in [0.05, 0.1) is 27.5 Å². The van der Waals surface area contributed by atoms with E-state index in [9.17, 15) is 0 Å². The average molecular weight is 299 g/mol. The van der Waals surface area contributed by atoms with Crippen molar-refractivity contribution >= 4 is 23.2 Å². The molecular weight excluding hydrogens is 283 g/mol. The summed E-state index contributed by atoms with van der Waals surface area (Å²) in [4.78, 5) is 0. The maximum atomic E-state index is 6.02. The van der Waals surface area contributed by atoms with Crippen molar-refractivity contribution in [3.63, 3.8) is 0 Å². The van der Waals surface area contributed by atoms with Crippen LogP contribution in [0.3, 0.4) is 0 Å². The molecule has 2 rings (SSSR count). The lowest BCUT2D eigenvalue weighted by Crippen LogP contribution is -2.31. The topological polar surface area (TPSA) is 55.9 Å². The molecular formula is C13H16Cl2N4. The Morgan fingerprint density at radius 1 is 1.32 bits per heavy atom. The summed E-state index contributed by atoms with van der Waals surface area (Å²) in [6.07, 6.45) is 0.715. The Hall–Kier alpha value is -1.07. The van der Waals surface area contributed by atoms with Gasteiger partial charge in [-0.05, 0) is 37.1 Å². The summed E-state index contributed by atoms with van der Waals surface area (Å²) in [6.45, 7) is 1.95. The number of aromatic nitrogens is 2. The van der Waals surface area contributed by atoms with Crippen LogP contribution in [0, 0.1) is 6.92 Å². The van der Waals surface area contributed by atoms with E-state index in [1.54, 1.807) is 6.07 Å². The van der Waals surface area contributed by atoms with Gasteiger partial charge < -0.3 is 0 Å². The minimum Gasteiger partial charge on any atom is -0.271 e. The number of halogens is 2. The Bertz CT molecular complexity index is 580. The van der Waals surface area contributed by atoms with Gasteiger partial charge in [-0.1, -0.05) is 29.3 Å². The summed E-state index contributed by atoms with van der Waals surface area (Å²) < 4.78 is 1.83. The van der Waals surface area contributed by atoms with Gasteiger partial charge in [-0.15, -0.1) is 0 Å². The van der Waals surface area contributed by atoms with Crippen molar-refractivity contribution in [3.8, 4) is 0 Å². The monoisotopic (exact) mass is 298 g/mol.